The summed E-state index contributed by atoms with van der Waals surface area (Å²) in [6, 6.07) is 5.61. The molecule has 21 heavy (non-hydrogen) atoms. The minimum Gasteiger partial charge on any atom is -0.497 e. The van der Waals surface area contributed by atoms with Gasteiger partial charge < -0.3 is 19.7 Å². The average Bonchev–Trinajstić information content (AvgIpc) is 2.55. The van der Waals surface area contributed by atoms with Gasteiger partial charge in [0.05, 0.1) is 19.9 Å². The third-order valence-corrected chi connectivity index (χ3v) is 3.77. The van der Waals surface area contributed by atoms with E-state index in [1.165, 1.54) is 6.42 Å². The van der Waals surface area contributed by atoms with Crippen LogP contribution in [0.1, 0.15) is 25.7 Å². The highest BCUT2D eigenvalue weighted by molar-refractivity contribution is 5.77. The molecule has 0 unspecified atom stereocenters. The monoisotopic (exact) mass is 292 g/mol. The summed E-state index contributed by atoms with van der Waals surface area (Å²) in [6.07, 6.45) is 4.01. The SMILES string of the molecule is COc1ccc(NCCC(=O)N2CCCCC2)c(OC)c1. The van der Waals surface area contributed by atoms with E-state index in [0.29, 0.717) is 13.0 Å². The number of piperidine rings is 1. The lowest BCUT2D eigenvalue weighted by Gasteiger charge is -2.26. The molecule has 0 spiro atoms. The zero-order chi connectivity index (χ0) is 15.1. The Balaban J connectivity index is 1.83. The van der Waals surface area contributed by atoms with Crippen molar-refractivity contribution in [3.63, 3.8) is 0 Å². The van der Waals surface area contributed by atoms with Gasteiger partial charge in [-0.15, -0.1) is 0 Å². The Hall–Kier alpha value is -1.91. The Morgan fingerprint density at radius 3 is 2.62 bits per heavy atom. The maximum atomic E-state index is 12.1. The van der Waals surface area contributed by atoms with E-state index in [2.05, 4.69) is 5.32 Å². The van der Waals surface area contributed by atoms with Crippen molar-refractivity contribution in [1.82, 2.24) is 4.90 Å². The number of methoxy groups -OCH3 is 2. The van der Waals surface area contributed by atoms with Crippen LogP contribution in [-0.2, 0) is 4.79 Å². The number of benzene rings is 1. The lowest BCUT2D eigenvalue weighted by molar-refractivity contribution is -0.131. The van der Waals surface area contributed by atoms with Gasteiger partial charge in [0, 0.05) is 32.1 Å². The second kappa shape index (κ2) is 7.76. The molecule has 5 heteroatoms. The summed E-state index contributed by atoms with van der Waals surface area (Å²) in [5, 5.41) is 3.26. The molecular formula is C16H24N2O3. The zero-order valence-corrected chi connectivity index (χ0v) is 12.9. The normalized spacial score (nSPS) is 14.7. The van der Waals surface area contributed by atoms with E-state index >= 15 is 0 Å². The molecule has 1 aromatic carbocycles. The number of likely N-dealkylation sites (tertiary alicyclic amines) is 1. The molecule has 0 atom stereocenters. The van der Waals surface area contributed by atoms with Crippen molar-refractivity contribution in [2.75, 3.05) is 39.2 Å². The highest BCUT2D eigenvalue weighted by Gasteiger charge is 2.15. The Morgan fingerprint density at radius 2 is 1.95 bits per heavy atom. The van der Waals surface area contributed by atoms with Crippen LogP contribution in [0.4, 0.5) is 5.69 Å². The molecular weight excluding hydrogens is 268 g/mol. The van der Waals surface area contributed by atoms with Crippen LogP contribution in [0.25, 0.3) is 0 Å². The van der Waals surface area contributed by atoms with E-state index in [-0.39, 0.29) is 5.91 Å². The number of nitrogens with zero attached hydrogens (tertiary/aromatic N) is 1. The first kappa shape index (κ1) is 15.5. The maximum Gasteiger partial charge on any atom is 0.224 e. The van der Waals surface area contributed by atoms with Gasteiger partial charge in [-0.25, -0.2) is 0 Å². The number of amides is 1. The minimum absolute atomic E-state index is 0.231. The molecule has 5 nitrogen and oxygen atoms in total. The molecule has 1 amide bonds. The zero-order valence-electron chi connectivity index (χ0n) is 12.9. The molecule has 0 aliphatic carbocycles. The quantitative estimate of drug-likeness (QED) is 0.875. The Bertz CT molecular complexity index is 471. The predicted molar refractivity (Wildman–Crippen MR) is 83.1 cm³/mol. The number of carbonyl (C=O) groups is 1. The van der Waals surface area contributed by atoms with Crippen molar-refractivity contribution >= 4 is 11.6 Å². The van der Waals surface area contributed by atoms with Gasteiger partial charge in [0.25, 0.3) is 0 Å². The first-order valence-corrected chi connectivity index (χ1v) is 7.48. The third-order valence-electron chi connectivity index (χ3n) is 3.77. The number of rotatable bonds is 6. The van der Waals surface area contributed by atoms with Gasteiger partial charge in [-0.1, -0.05) is 0 Å². The van der Waals surface area contributed by atoms with E-state index in [1.54, 1.807) is 14.2 Å². The van der Waals surface area contributed by atoms with Crippen LogP contribution >= 0.6 is 0 Å². The number of nitrogens with one attached hydrogen (secondary N) is 1. The molecule has 0 bridgehead atoms. The molecule has 1 aliphatic heterocycles. The van der Waals surface area contributed by atoms with Crippen molar-refractivity contribution in [3.05, 3.63) is 18.2 Å². The molecule has 1 aliphatic rings. The van der Waals surface area contributed by atoms with Crippen molar-refractivity contribution in [2.45, 2.75) is 25.7 Å². The largest absolute Gasteiger partial charge is 0.497 e. The van der Waals surface area contributed by atoms with Crippen LogP contribution in [0.15, 0.2) is 18.2 Å². The fourth-order valence-corrected chi connectivity index (χ4v) is 2.55. The molecule has 1 N–H and O–H groups in total. The number of hydrogen-bond donors (Lipinski definition) is 1. The summed E-state index contributed by atoms with van der Waals surface area (Å²) in [7, 11) is 3.25. The second-order valence-electron chi connectivity index (χ2n) is 5.18. The third kappa shape index (κ3) is 4.28. The molecule has 0 saturated carbocycles. The molecule has 2 rings (SSSR count). The van der Waals surface area contributed by atoms with Crippen LogP contribution in [0, 0.1) is 0 Å². The summed E-state index contributed by atoms with van der Waals surface area (Å²) in [4.78, 5) is 14.0. The van der Waals surface area contributed by atoms with Crippen LogP contribution in [0.3, 0.4) is 0 Å². The smallest absolute Gasteiger partial charge is 0.224 e. The molecule has 0 radical (unpaired) electrons. The number of carbonyl (C=O) groups excluding carboxylic acids is 1. The van der Waals surface area contributed by atoms with E-state index in [1.807, 2.05) is 23.1 Å². The molecule has 1 fully saturated rings. The fraction of sp³-hybridized carbons (Fsp3) is 0.562. The lowest BCUT2D eigenvalue weighted by Crippen LogP contribution is -2.36. The summed E-state index contributed by atoms with van der Waals surface area (Å²) in [5.41, 5.74) is 0.879. The van der Waals surface area contributed by atoms with Crippen LogP contribution < -0.4 is 14.8 Å². The summed E-state index contributed by atoms with van der Waals surface area (Å²) in [5.74, 6) is 1.70. The van der Waals surface area contributed by atoms with Gasteiger partial charge in [-0.2, -0.15) is 0 Å². The van der Waals surface area contributed by atoms with Gasteiger partial charge in [0.1, 0.15) is 11.5 Å². The van der Waals surface area contributed by atoms with Gasteiger partial charge in [-0.05, 0) is 31.4 Å². The highest BCUT2D eigenvalue weighted by Crippen LogP contribution is 2.28. The maximum absolute atomic E-state index is 12.1. The number of hydrogen-bond acceptors (Lipinski definition) is 4. The standard InChI is InChI=1S/C16H24N2O3/c1-20-13-6-7-14(15(12-13)21-2)17-9-8-16(19)18-10-4-3-5-11-18/h6-7,12,17H,3-5,8-11H2,1-2H3. The van der Waals surface area contributed by atoms with E-state index in [0.717, 1.165) is 43.1 Å². The number of ether oxygens (including phenoxy) is 2. The lowest BCUT2D eigenvalue weighted by atomic mass is 10.1. The topological polar surface area (TPSA) is 50.8 Å². The summed E-state index contributed by atoms with van der Waals surface area (Å²) >= 11 is 0. The Labute approximate surface area is 126 Å². The summed E-state index contributed by atoms with van der Waals surface area (Å²) in [6.45, 7) is 2.42. The molecule has 1 heterocycles. The molecule has 0 aromatic heterocycles. The fourth-order valence-electron chi connectivity index (χ4n) is 2.55. The van der Waals surface area contributed by atoms with Crippen molar-refractivity contribution in [2.24, 2.45) is 0 Å². The average molecular weight is 292 g/mol. The van der Waals surface area contributed by atoms with Crippen LogP contribution in [-0.4, -0.2) is 44.7 Å². The first-order valence-electron chi connectivity index (χ1n) is 7.48. The minimum atomic E-state index is 0.231. The van der Waals surface area contributed by atoms with Crippen molar-refractivity contribution in [3.8, 4) is 11.5 Å². The van der Waals surface area contributed by atoms with Crippen LogP contribution in [0.5, 0.6) is 11.5 Å². The molecule has 1 saturated heterocycles. The van der Waals surface area contributed by atoms with Gasteiger partial charge >= 0.3 is 0 Å². The Morgan fingerprint density at radius 1 is 1.19 bits per heavy atom. The van der Waals surface area contributed by atoms with Crippen molar-refractivity contribution in [1.29, 1.82) is 0 Å². The highest BCUT2D eigenvalue weighted by atomic mass is 16.5. The van der Waals surface area contributed by atoms with E-state index < -0.39 is 0 Å². The summed E-state index contributed by atoms with van der Waals surface area (Å²) < 4.78 is 10.5. The Kier molecular flexibility index (Phi) is 5.72. The molecule has 116 valence electrons. The van der Waals surface area contributed by atoms with Gasteiger partial charge in [0.2, 0.25) is 5.91 Å². The second-order valence-corrected chi connectivity index (χ2v) is 5.18. The predicted octanol–water partition coefficient (Wildman–Crippen LogP) is 2.52. The van der Waals surface area contributed by atoms with Gasteiger partial charge in [-0.3, -0.25) is 4.79 Å². The molecule has 1 aromatic rings. The van der Waals surface area contributed by atoms with E-state index in [9.17, 15) is 4.79 Å². The van der Waals surface area contributed by atoms with Crippen LogP contribution in [0.2, 0.25) is 0 Å². The van der Waals surface area contributed by atoms with Gasteiger partial charge in [0.15, 0.2) is 0 Å². The van der Waals surface area contributed by atoms with Crippen molar-refractivity contribution < 1.29 is 14.3 Å². The number of anilines is 1. The van der Waals surface area contributed by atoms with E-state index in [4.69, 9.17) is 9.47 Å². The first-order chi connectivity index (χ1) is 10.2.